The van der Waals surface area contributed by atoms with E-state index in [1.807, 2.05) is 25.7 Å². The number of carbonyl (C=O) groups is 1. The summed E-state index contributed by atoms with van der Waals surface area (Å²) in [6, 6.07) is 2.17. The van der Waals surface area contributed by atoms with Crippen molar-refractivity contribution in [3.63, 3.8) is 0 Å². The SMILES string of the molecule is CCC(O)C1CC(NC(=O)C(C)C)CN(CC#N)C1. The summed E-state index contributed by atoms with van der Waals surface area (Å²) in [5, 5.41) is 21.8. The number of rotatable bonds is 5. The van der Waals surface area contributed by atoms with Crippen LogP contribution in [-0.2, 0) is 4.79 Å². The first-order valence-electron chi connectivity index (χ1n) is 7.05. The number of piperidine rings is 1. The lowest BCUT2D eigenvalue weighted by Gasteiger charge is -2.39. The minimum Gasteiger partial charge on any atom is -0.393 e. The van der Waals surface area contributed by atoms with Gasteiger partial charge in [0, 0.05) is 25.0 Å². The number of aliphatic hydroxyl groups is 1. The van der Waals surface area contributed by atoms with E-state index in [0.29, 0.717) is 19.5 Å². The number of carbonyl (C=O) groups excluding carboxylic acids is 1. The van der Waals surface area contributed by atoms with E-state index >= 15 is 0 Å². The molecule has 108 valence electrons. The van der Waals surface area contributed by atoms with Crippen LogP contribution in [0.3, 0.4) is 0 Å². The fourth-order valence-corrected chi connectivity index (χ4v) is 2.55. The van der Waals surface area contributed by atoms with E-state index < -0.39 is 0 Å². The maximum Gasteiger partial charge on any atom is 0.222 e. The van der Waals surface area contributed by atoms with Gasteiger partial charge in [0.2, 0.25) is 5.91 Å². The van der Waals surface area contributed by atoms with Crippen molar-refractivity contribution in [2.75, 3.05) is 19.6 Å². The number of hydrogen-bond acceptors (Lipinski definition) is 4. The molecule has 0 aromatic rings. The molecule has 1 fully saturated rings. The van der Waals surface area contributed by atoms with Crippen LogP contribution in [0.25, 0.3) is 0 Å². The lowest BCUT2D eigenvalue weighted by molar-refractivity contribution is -0.125. The molecule has 0 saturated carbocycles. The van der Waals surface area contributed by atoms with E-state index in [-0.39, 0.29) is 29.9 Å². The van der Waals surface area contributed by atoms with Crippen molar-refractivity contribution in [3.8, 4) is 6.07 Å². The molecule has 0 aromatic heterocycles. The topological polar surface area (TPSA) is 76.4 Å². The van der Waals surface area contributed by atoms with E-state index in [1.165, 1.54) is 0 Å². The summed E-state index contributed by atoms with van der Waals surface area (Å²) in [4.78, 5) is 13.8. The van der Waals surface area contributed by atoms with Crippen molar-refractivity contribution in [2.24, 2.45) is 11.8 Å². The predicted molar refractivity (Wildman–Crippen MR) is 73.2 cm³/mol. The zero-order valence-electron chi connectivity index (χ0n) is 12.1. The second-order valence-electron chi connectivity index (χ2n) is 5.68. The Balaban J connectivity index is 2.65. The van der Waals surface area contributed by atoms with E-state index in [4.69, 9.17) is 5.26 Å². The highest BCUT2D eigenvalue weighted by Crippen LogP contribution is 2.22. The number of aliphatic hydroxyl groups excluding tert-OH is 1. The van der Waals surface area contributed by atoms with Crippen LogP contribution in [0.5, 0.6) is 0 Å². The van der Waals surface area contributed by atoms with Crippen molar-refractivity contribution in [2.45, 2.75) is 45.8 Å². The quantitative estimate of drug-likeness (QED) is 0.720. The van der Waals surface area contributed by atoms with Gasteiger partial charge < -0.3 is 10.4 Å². The maximum atomic E-state index is 11.8. The highest BCUT2D eigenvalue weighted by atomic mass is 16.3. The third-order valence-electron chi connectivity index (χ3n) is 3.69. The Morgan fingerprint density at radius 2 is 2.21 bits per heavy atom. The molecule has 1 saturated heterocycles. The van der Waals surface area contributed by atoms with Crippen LogP contribution in [0.4, 0.5) is 0 Å². The fraction of sp³-hybridized carbons (Fsp3) is 0.857. The summed E-state index contributed by atoms with van der Waals surface area (Å²) < 4.78 is 0. The smallest absolute Gasteiger partial charge is 0.222 e. The normalized spacial score (nSPS) is 25.9. The van der Waals surface area contributed by atoms with Gasteiger partial charge in [-0.25, -0.2) is 0 Å². The van der Waals surface area contributed by atoms with Gasteiger partial charge in [-0.3, -0.25) is 9.69 Å². The Morgan fingerprint density at radius 1 is 1.53 bits per heavy atom. The fourth-order valence-electron chi connectivity index (χ4n) is 2.55. The molecule has 1 aliphatic rings. The van der Waals surface area contributed by atoms with E-state index in [2.05, 4.69) is 11.4 Å². The Bertz CT molecular complexity index is 338. The van der Waals surface area contributed by atoms with Gasteiger partial charge in [-0.15, -0.1) is 0 Å². The van der Waals surface area contributed by atoms with Crippen LogP contribution < -0.4 is 5.32 Å². The summed E-state index contributed by atoms with van der Waals surface area (Å²) in [5.74, 6) is 0.124. The Morgan fingerprint density at radius 3 is 2.74 bits per heavy atom. The van der Waals surface area contributed by atoms with Gasteiger partial charge in [-0.1, -0.05) is 20.8 Å². The van der Waals surface area contributed by atoms with Gasteiger partial charge in [0.1, 0.15) is 0 Å². The van der Waals surface area contributed by atoms with Gasteiger partial charge in [0.25, 0.3) is 0 Å². The molecule has 1 heterocycles. The first-order chi connectivity index (χ1) is 8.97. The highest BCUT2D eigenvalue weighted by molar-refractivity contribution is 5.78. The van der Waals surface area contributed by atoms with Crippen LogP contribution in [0, 0.1) is 23.2 Å². The molecule has 0 aliphatic carbocycles. The van der Waals surface area contributed by atoms with Gasteiger partial charge in [0.15, 0.2) is 0 Å². The molecular formula is C14H25N3O2. The van der Waals surface area contributed by atoms with Crippen LogP contribution in [-0.4, -0.2) is 47.7 Å². The molecule has 0 aromatic carbocycles. The molecule has 0 spiro atoms. The van der Waals surface area contributed by atoms with Gasteiger partial charge in [0.05, 0.1) is 18.7 Å². The second kappa shape index (κ2) is 7.46. The Kier molecular flexibility index (Phi) is 6.26. The van der Waals surface area contributed by atoms with Crippen LogP contribution >= 0.6 is 0 Å². The molecule has 0 bridgehead atoms. The number of nitrogens with zero attached hydrogens (tertiary/aromatic N) is 2. The molecule has 5 heteroatoms. The van der Waals surface area contributed by atoms with E-state index in [9.17, 15) is 9.90 Å². The van der Waals surface area contributed by atoms with E-state index in [1.54, 1.807) is 0 Å². The molecular weight excluding hydrogens is 242 g/mol. The number of nitriles is 1. The molecule has 1 amide bonds. The first-order valence-corrected chi connectivity index (χ1v) is 7.05. The summed E-state index contributed by atoms with van der Waals surface area (Å²) in [7, 11) is 0. The zero-order valence-corrected chi connectivity index (χ0v) is 12.1. The first kappa shape index (κ1) is 15.9. The zero-order chi connectivity index (χ0) is 14.4. The maximum absolute atomic E-state index is 11.8. The van der Waals surface area contributed by atoms with Gasteiger partial charge in [-0.05, 0) is 18.8 Å². The summed E-state index contributed by atoms with van der Waals surface area (Å²) in [5.41, 5.74) is 0. The molecule has 3 atom stereocenters. The Hall–Kier alpha value is -1.12. The third-order valence-corrected chi connectivity index (χ3v) is 3.69. The van der Waals surface area contributed by atoms with Crippen molar-refractivity contribution in [3.05, 3.63) is 0 Å². The lowest BCUT2D eigenvalue weighted by atomic mass is 9.88. The van der Waals surface area contributed by atoms with Crippen LogP contribution in [0.2, 0.25) is 0 Å². The number of nitrogens with one attached hydrogen (secondary N) is 1. The predicted octanol–water partition coefficient (Wildman–Crippen LogP) is 0.744. The average Bonchev–Trinajstić information content (AvgIpc) is 2.37. The van der Waals surface area contributed by atoms with Crippen LogP contribution in [0.1, 0.15) is 33.6 Å². The Labute approximate surface area is 115 Å². The molecule has 1 aliphatic heterocycles. The van der Waals surface area contributed by atoms with Gasteiger partial charge >= 0.3 is 0 Å². The van der Waals surface area contributed by atoms with Gasteiger partial charge in [-0.2, -0.15) is 5.26 Å². The molecule has 0 radical (unpaired) electrons. The number of likely N-dealkylation sites (tertiary alicyclic amines) is 1. The monoisotopic (exact) mass is 267 g/mol. The number of hydrogen-bond donors (Lipinski definition) is 2. The molecule has 1 rings (SSSR count). The van der Waals surface area contributed by atoms with Crippen molar-refractivity contribution < 1.29 is 9.90 Å². The third kappa shape index (κ3) is 4.81. The van der Waals surface area contributed by atoms with Crippen molar-refractivity contribution >= 4 is 5.91 Å². The minimum absolute atomic E-state index is 0.0307. The summed E-state index contributed by atoms with van der Waals surface area (Å²) >= 11 is 0. The molecule has 5 nitrogen and oxygen atoms in total. The minimum atomic E-state index is -0.361. The summed E-state index contributed by atoms with van der Waals surface area (Å²) in [6.07, 6.45) is 1.13. The molecule has 19 heavy (non-hydrogen) atoms. The second-order valence-corrected chi connectivity index (χ2v) is 5.68. The molecule has 3 unspecified atom stereocenters. The van der Waals surface area contributed by atoms with Crippen molar-refractivity contribution in [1.29, 1.82) is 5.26 Å². The largest absolute Gasteiger partial charge is 0.393 e. The summed E-state index contributed by atoms with van der Waals surface area (Å²) in [6.45, 7) is 7.46. The standard InChI is InChI=1S/C14H25N3O2/c1-4-13(18)11-7-12(16-14(19)10(2)3)9-17(8-11)6-5-15/h10-13,18H,4,6-9H2,1-3H3,(H,16,19). The molecule has 2 N–H and O–H groups in total. The van der Waals surface area contributed by atoms with Crippen molar-refractivity contribution in [1.82, 2.24) is 10.2 Å². The lowest BCUT2D eigenvalue weighted by Crippen LogP contribution is -2.53. The average molecular weight is 267 g/mol. The number of amides is 1. The highest BCUT2D eigenvalue weighted by Gasteiger charge is 2.31. The van der Waals surface area contributed by atoms with Crippen LogP contribution in [0.15, 0.2) is 0 Å². The van der Waals surface area contributed by atoms with E-state index in [0.717, 1.165) is 13.0 Å².